The molecule has 1 aliphatic heterocycles. The minimum atomic E-state index is 0.196. The fourth-order valence-electron chi connectivity index (χ4n) is 3.11. The van der Waals surface area contributed by atoms with Gasteiger partial charge < -0.3 is 10.6 Å². The minimum Gasteiger partial charge on any atom is -0.353 e. The topological polar surface area (TPSA) is 41.1 Å². The van der Waals surface area contributed by atoms with E-state index >= 15 is 0 Å². The number of carbonyl (C=O) groups is 1. The second-order valence-electron chi connectivity index (χ2n) is 6.36. The maximum Gasteiger partial charge on any atom is 0.220 e. The third kappa shape index (κ3) is 4.85. The zero-order chi connectivity index (χ0) is 15.2. The lowest BCUT2D eigenvalue weighted by molar-refractivity contribution is -0.122. The van der Waals surface area contributed by atoms with E-state index in [1.54, 1.807) is 0 Å². The molecule has 1 saturated heterocycles. The summed E-state index contributed by atoms with van der Waals surface area (Å²) in [6.07, 6.45) is 3.67. The zero-order valence-corrected chi connectivity index (χ0v) is 13.5. The van der Waals surface area contributed by atoms with Crippen molar-refractivity contribution in [3.05, 3.63) is 35.4 Å². The average molecular weight is 288 g/mol. The Labute approximate surface area is 128 Å². The third-order valence-corrected chi connectivity index (χ3v) is 4.46. The standard InChI is InChI=1S/C18H28N2O/c1-4-15(16-7-5-13(2)6-8-16)12-18(21)20-17-9-10-19-14(3)11-17/h5-8,14-15,17,19H,4,9-12H2,1-3H3,(H,20,21). The van der Waals surface area contributed by atoms with Crippen LogP contribution in [0, 0.1) is 6.92 Å². The van der Waals surface area contributed by atoms with E-state index in [2.05, 4.69) is 55.7 Å². The van der Waals surface area contributed by atoms with Gasteiger partial charge in [0.25, 0.3) is 0 Å². The van der Waals surface area contributed by atoms with Gasteiger partial charge in [0, 0.05) is 18.5 Å². The van der Waals surface area contributed by atoms with Gasteiger partial charge >= 0.3 is 0 Å². The predicted octanol–water partition coefficient (Wildman–Crippen LogP) is 3.14. The molecule has 2 N–H and O–H groups in total. The van der Waals surface area contributed by atoms with Crippen LogP contribution in [0.4, 0.5) is 0 Å². The highest BCUT2D eigenvalue weighted by Gasteiger charge is 2.21. The number of nitrogens with one attached hydrogen (secondary N) is 2. The first kappa shape index (κ1) is 16.0. The molecule has 116 valence electrons. The molecule has 0 spiro atoms. The molecule has 21 heavy (non-hydrogen) atoms. The highest BCUT2D eigenvalue weighted by molar-refractivity contribution is 5.77. The molecule has 1 fully saturated rings. The van der Waals surface area contributed by atoms with Crippen molar-refractivity contribution in [3.63, 3.8) is 0 Å². The molecule has 1 amide bonds. The highest BCUT2D eigenvalue weighted by Crippen LogP contribution is 2.23. The van der Waals surface area contributed by atoms with Gasteiger partial charge in [0.15, 0.2) is 0 Å². The summed E-state index contributed by atoms with van der Waals surface area (Å²) in [7, 11) is 0. The molecule has 3 atom stereocenters. The Balaban J connectivity index is 1.89. The van der Waals surface area contributed by atoms with Crippen LogP contribution in [-0.2, 0) is 4.79 Å². The van der Waals surface area contributed by atoms with Gasteiger partial charge in [0.1, 0.15) is 0 Å². The Morgan fingerprint density at radius 2 is 2.10 bits per heavy atom. The van der Waals surface area contributed by atoms with Crippen LogP contribution >= 0.6 is 0 Å². The number of benzene rings is 1. The van der Waals surface area contributed by atoms with E-state index in [1.165, 1.54) is 11.1 Å². The van der Waals surface area contributed by atoms with E-state index in [-0.39, 0.29) is 5.91 Å². The SMILES string of the molecule is CCC(CC(=O)NC1CCNC(C)C1)c1ccc(C)cc1. The number of hydrogen-bond donors (Lipinski definition) is 2. The lowest BCUT2D eigenvalue weighted by Gasteiger charge is -2.29. The molecule has 0 bridgehead atoms. The van der Waals surface area contributed by atoms with Crippen molar-refractivity contribution in [2.75, 3.05) is 6.54 Å². The number of aryl methyl sites for hydroxylation is 1. The van der Waals surface area contributed by atoms with Gasteiger partial charge in [-0.15, -0.1) is 0 Å². The van der Waals surface area contributed by atoms with Crippen molar-refractivity contribution < 1.29 is 4.79 Å². The second kappa shape index (κ2) is 7.60. The van der Waals surface area contributed by atoms with Crippen LogP contribution in [0.2, 0.25) is 0 Å². The Bertz CT molecular complexity index is 455. The van der Waals surface area contributed by atoms with E-state index in [0.717, 1.165) is 25.8 Å². The molecule has 3 unspecified atom stereocenters. The van der Waals surface area contributed by atoms with Crippen molar-refractivity contribution in [3.8, 4) is 0 Å². The summed E-state index contributed by atoms with van der Waals surface area (Å²) in [6.45, 7) is 7.43. The van der Waals surface area contributed by atoms with Gasteiger partial charge in [0.2, 0.25) is 5.91 Å². The van der Waals surface area contributed by atoms with Crippen molar-refractivity contribution in [1.82, 2.24) is 10.6 Å². The Morgan fingerprint density at radius 3 is 2.71 bits per heavy atom. The van der Waals surface area contributed by atoms with E-state index in [0.29, 0.717) is 24.4 Å². The Morgan fingerprint density at radius 1 is 1.38 bits per heavy atom. The molecule has 0 radical (unpaired) electrons. The number of piperidine rings is 1. The molecule has 0 aliphatic carbocycles. The van der Waals surface area contributed by atoms with Gasteiger partial charge in [-0.3, -0.25) is 4.79 Å². The maximum atomic E-state index is 12.3. The molecular weight excluding hydrogens is 260 g/mol. The van der Waals surface area contributed by atoms with Crippen molar-refractivity contribution in [2.45, 2.75) is 64.5 Å². The van der Waals surface area contributed by atoms with Crippen LogP contribution in [-0.4, -0.2) is 24.5 Å². The van der Waals surface area contributed by atoms with Crippen LogP contribution in [0.1, 0.15) is 56.6 Å². The van der Waals surface area contributed by atoms with Gasteiger partial charge in [-0.25, -0.2) is 0 Å². The molecule has 1 heterocycles. The quantitative estimate of drug-likeness (QED) is 0.874. The Hall–Kier alpha value is -1.35. The average Bonchev–Trinajstić information content (AvgIpc) is 2.46. The second-order valence-corrected chi connectivity index (χ2v) is 6.36. The van der Waals surface area contributed by atoms with Crippen molar-refractivity contribution in [2.24, 2.45) is 0 Å². The van der Waals surface area contributed by atoms with Crippen LogP contribution in [0.3, 0.4) is 0 Å². The van der Waals surface area contributed by atoms with Gasteiger partial charge in [-0.2, -0.15) is 0 Å². The van der Waals surface area contributed by atoms with Crippen molar-refractivity contribution >= 4 is 5.91 Å². The molecule has 1 aromatic rings. The summed E-state index contributed by atoms with van der Waals surface area (Å²) in [5, 5.41) is 6.63. The summed E-state index contributed by atoms with van der Waals surface area (Å²) in [6, 6.07) is 9.41. The molecule has 3 nitrogen and oxygen atoms in total. The van der Waals surface area contributed by atoms with E-state index in [4.69, 9.17) is 0 Å². The number of hydrogen-bond acceptors (Lipinski definition) is 2. The van der Waals surface area contributed by atoms with E-state index in [1.807, 2.05) is 0 Å². The Kier molecular flexibility index (Phi) is 5.80. The van der Waals surface area contributed by atoms with Gasteiger partial charge in [-0.05, 0) is 51.1 Å². The highest BCUT2D eigenvalue weighted by atomic mass is 16.1. The fraction of sp³-hybridized carbons (Fsp3) is 0.611. The summed E-state index contributed by atoms with van der Waals surface area (Å²) in [4.78, 5) is 12.3. The minimum absolute atomic E-state index is 0.196. The maximum absolute atomic E-state index is 12.3. The first-order valence-electron chi connectivity index (χ1n) is 8.17. The first-order valence-corrected chi connectivity index (χ1v) is 8.17. The zero-order valence-electron chi connectivity index (χ0n) is 13.5. The van der Waals surface area contributed by atoms with Crippen LogP contribution < -0.4 is 10.6 Å². The lowest BCUT2D eigenvalue weighted by Crippen LogP contribution is -2.46. The third-order valence-electron chi connectivity index (χ3n) is 4.46. The number of rotatable bonds is 5. The normalized spacial score (nSPS) is 23.6. The molecule has 1 aromatic carbocycles. The van der Waals surface area contributed by atoms with Crippen molar-refractivity contribution in [1.29, 1.82) is 0 Å². The molecule has 3 heteroatoms. The van der Waals surface area contributed by atoms with Gasteiger partial charge in [-0.1, -0.05) is 36.8 Å². The fourth-order valence-corrected chi connectivity index (χ4v) is 3.11. The van der Waals surface area contributed by atoms with E-state index in [9.17, 15) is 4.79 Å². The smallest absolute Gasteiger partial charge is 0.220 e. The molecule has 1 aliphatic rings. The number of amides is 1. The van der Waals surface area contributed by atoms with Gasteiger partial charge in [0.05, 0.1) is 0 Å². The molecule has 0 aromatic heterocycles. The summed E-state index contributed by atoms with van der Waals surface area (Å²) < 4.78 is 0. The molecule has 0 saturated carbocycles. The van der Waals surface area contributed by atoms with Crippen LogP contribution in [0.25, 0.3) is 0 Å². The monoisotopic (exact) mass is 288 g/mol. The predicted molar refractivity (Wildman–Crippen MR) is 87.5 cm³/mol. The van der Waals surface area contributed by atoms with Crippen LogP contribution in [0.5, 0.6) is 0 Å². The lowest BCUT2D eigenvalue weighted by atomic mass is 9.92. The summed E-state index contributed by atoms with van der Waals surface area (Å²) in [5.74, 6) is 0.520. The molecule has 2 rings (SSSR count). The van der Waals surface area contributed by atoms with Crippen LogP contribution in [0.15, 0.2) is 24.3 Å². The summed E-state index contributed by atoms with van der Waals surface area (Å²) >= 11 is 0. The first-order chi connectivity index (χ1) is 10.1. The van der Waals surface area contributed by atoms with E-state index < -0.39 is 0 Å². The number of carbonyl (C=O) groups excluding carboxylic acids is 1. The molecular formula is C18H28N2O. The largest absolute Gasteiger partial charge is 0.353 e. The summed E-state index contributed by atoms with van der Waals surface area (Å²) in [5.41, 5.74) is 2.54.